The van der Waals surface area contributed by atoms with E-state index in [0.717, 1.165) is 19.5 Å². The second-order valence-electron chi connectivity index (χ2n) is 4.92. The van der Waals surface area contributed by atoms with Gasteiger partial charge in [0, 0.05) is 31.6 Å². The van der Waals surface area contributed by atoms with Crippen molar-refractivity contribution in [1.29, 1.82) is 0 Å². The fourth-order valence-electron chi connectivity index (χ4n) is 2.66. The van der Waals surface area contributed by atoms with Gasteiger partial charge in [0.05, 0.1) is 6.04 Å². The molecule has 0 spiro atoms. The minimum Gasteiger partial charge on any atom is -0.396 e. The smallest absolute Gasteiger partial charge is 0.0511 e. The predicted molar refractivity (Wildman–Crippen MR) is 67.4 cm³/mol. The summed E-state index contributed by atoms with van der Waals surface area (Å²) in [4.78, 5) is 6.53. The van der Waals surface area contributed by atoms with Crippen molar-refractivity contribution in [2.75, 3.05) is 19.7 Å². The van der Waals surface area contributed by atoms with E-state index in [9.17, 15) is 5.11 Å². The summed E-state index contributed by atoms with van der Waals surface area (Å²) >= 11 is 0. The van der Waals surface area contributed by atoms with Crippen molar-refractivity contribution in [2.45, 2.75) is 25.4 Å². The van der Waals surface area contributed by atoms with Crippen LogP contribution >= 0.6 is 0 Å². The van der Waals surface area contributed by atoms with Gasteiger partial charge >= 0.3 is 0 Å². The molecule has 2 heterocycles. The van der Waals surface area contributed by atoms with Gasteiger partial charge in [-0.25, -0.2) is 0 Å². The van der Waals surface area contributed by atoms with Crippen molar-refractivity contribution in [1.82, 2.24) is 9.88 Å². The van der Waals surface area contributed by atoms with Gasteiger partial charge in [-0.1, -0.05) is 6.07 Å². The number of aliphatic hydroxyl groups excluding tert-OH is 1. The van der Waals surface area contributed by atoms with Gasteiger partial charge in [-0.15, -0.1) is 0 Å². The van der Waals surface area contributed by atoms with Gasteiger partial charge < -0.3 is 10.8 Å². The Hall–Kier alpha value is -0.970. The highest BCUT2D eigenvalue weighted by atomic mass is 16.3. The van der Waals surface area contributed by atoms with Crippen molar-refractivity contribution >= 4 is 0 Å². The third kappa shape index (κ3) is 2.83. The molecule has 1 aliphatic rings. The summed E-state index contributed by atoms with van der Waals surface area (Å²) in [6, 6.07) is 4.30. The number of nitrogens with two attached hydrogens (primary N) is 1. The first-order valence-corrected chi connectivity index (χ1v) is 6.22. The van der Waals surface area contributed by atoms with Crippen molar-refractivity contribution in [2.24, 2.45) is 11.7 Å². The topological polar surface area (TPSA) is 62.4 Å². The molecule has 3 N–H and O–H groups in total. The SMILES string of the molecule is CC(N)C(c1cccnc1)N1CCC(CO)C1. The molecule has 1 aromatic rings. The van der Waals surface area contributed by atoms with Crippen molar-refractivity contribution in [3.8, 4) is 0 Å². The van der Waals surface area contributed by atoms with E-state index < -0.39 is 0 Å². The Morgan fingerprint density at radius 1 is 1.65 bits per heavy atom. The zero-order valence-corrected chi connectivity index (χ0v) is 10.3. The molecule has 17 heavy (non-hydrogen) atoms. The number of likely N-dealkylation sites (tertiary alicyclic amines) is 1. The summed E-state index contributed by atoms with van der Waals surface area (Å²) in [5, 5.41) is 9.20. The molecule has 1 saturated heterocycles. The van der Waals surface area contributed by atoms with E-state index in [1.54, 1.807) is 6.20 Å². The quantitative estimate of drug-likeness (QED) is 0.809. The van der Waals surface area contributed by atoms with Crippen LogP contribution in [0.5, 0.6) is 0 Å². The first kappa shape index (κ1) is 12.5. The molecule has 0 radical (unpaired) electrons. The van der Waals surface area contributed by atoms with E-state index in [4.69, 9.17) is 5.73 Å². The van der Waals surface area contributed by atoms with Gasteiger partial charge in [0.2, 0.25) is 0 Å². The average molecular weight is 235 g/mol. The maximum atomic E-state index is 9.20. The molecule has 1 aromatic heterocycles. The van der Waals surface area contributed by atoms with Crippen LogP contribution in [-0.2, 0) is 0 Å². The van der Waals surface area contributed by atoms with Gasteiger partial charge in [0.1, 0.15) is 0 Å². The zero-order chi connectivity index (χ0) is 12.3. The highest BCUT2D eigenvalue weighted by Gasteiger charge is 2.30. The molecular weight excluding hydrogens is 214 g/mol. The van der Waals surface area contributed by atoms with Crippen LogP contribution in [0.4, 0.5) is 0 Å². The molecule has 1 aliphatic heterocycles. The first-order chi connectivity index (χ1) is 8.22. The minimum atomic E-state index is 0.0663. The maximum absolute atomic E-state index is 9.20. The van der Waals surface area contributed by atoms with Crippen LogP contribution in [0.2, 0.25) is 0 Å². The van der Waals surface area contributed by atoms with E-state index in [1.807, 2.05) is 19.2 Å². The molecule has 3 atom stereocenters. The number of aliphatic hydroxyl groups is 1. The third-order valence-electron chi connectivity index (χ3n) is 3.49. The highest BCUT2D eigenvalue weighted by molar-refractivity contribution is 5.16. The molecule has 94 valence electrons. The third-order valence-corrected chi connectivity index (χ3v) is 3.49. The van der Waals surface area contributed by atoms with Crippen molar-refractivity contribution in [3.63, 3.8) is 0 Å². The lowest BCUT2D eigenvalue weighted by molar-refractivity contribution is 0.185. The lowest BCUT2D eigenvalue weighted by Gasteiger charge is -2.31. The Morgan fingerprint density at radius 3 is 3.00 bits per heavy atom. The largest absolute Gasteiger partial charge is 0.396 e. The van der Waals surface area contributed by atoms with Crippen LogP contribution in [0.15, 0.2) is 24.5 Å². The maximum Gasteiger partial charge on any atom is 0.0511 e. The summed E-state index contributed by atoms with van der Waals surface area (Å²) in [5.74, 6) is 0.396. The minimum absolute atomic E-state index is 0.0663. The van der Waals surface area contributed by atoms with Gasteiger partial charge in [-0.3, -0.25) is 9.88 Å². The Labute approximate surface area is 102 Å². The Kier molecular flexibility index (Phi) is 4.10. The van der Waals surface area contributed by atoms with Crippen LogP contribution in [0, 0.1) is 5.92 Å². The van der Waals surface area contributed by atoms with E-state index in [2.05, 4.69) is 16.0 Å². The Morgan fingerprint density at radius 2 is 2.47 bits per heavy atom. The van der Waals surface area contributed by atoms with Gasteiger partial charge in [-0.2, -0.15) is 0 Å². The summed E-state index contributed by atoms with van der Waals surface area (Å²) in [6.45, 7) is 4.24. The molecule has 4 nitrogen and oxygen atoms in total. The van der Waals surface area contributed by atoms with Crippen molar-refractivity contribution in [3.05, 3.63) is 30.1 Å². The number of pyridine rings is 1. The lowest BCUT2D eigenvalue weighted by atomic mass is 10.0. The molecule has 1 fully saturated rings. The fraction of sp³-hybridized carbons (Fsp3) is 0.615. The normalized spacial score (nSPS) is 24.8. The molecule has 0 saturated carbocycles. The molecule has 0 amide bonds. The second kappa shape index (κ2) is 5.58. The van der Waals surface area contributed by atoms with Crippen LogP contribution in [0.1, 0.15) is 24.9 Å². The highest BCUT2D eigenvalue weighted by Crippen LogP contribution is 2.28. The molecule has 4 heteroatoms. The monoisotopic (exact) mass is 235 g/mol. The van der Waals surface area contributed by atoms with Crippen LogP contribution < -0.4 is 5.73 Å². The summed E-state index contributed by atoms with van der Waals surface area (Å²) in [6.07, 6.45) is 4.72. The summed E-state index contributed by atoms with van der Waals surface area (Å²) < 4.78 is 0. The van der Waals surface area contributed by atoms with Crippen molar-refractivity contribution < 1.29 is 5.11 Å². The molecule has 0 aliphatic carbocycles. The molecular formula is C13H21N3O. The molecule has 2 rings (SSSR count). The molecule has 3 unspecified atom stereocenters. The Balaban J connectivity index is 2.14. The van der Waals surface area contributed by atoms with Crippen LogP contribution in [-0.4, -0.2) is 40.7 Å². The Bertz CT molecular complexity index is 342. The predicted octanol–water partition coefficient (Wildman–Crippen LogP) is 0.784. The van der Waals surface area contributed by atoms with E-state index in [-0.39, 0.29) is 18.7 Å². The van der Waals surface area contributed by atoms with Gasteiger partial charge in [0.15, 0.2) is 0 Å². The first-order valence-electron chi connectivity index (χ1n) is 6.22. The van der Waals surface area contributed by atoms with Gasteiger partial charge in [-0.05, 0) is 37.4 Å². The summed E-state index contributed by atoms with van der Waals surface area (Å²) in [5.41, 5.74) is 7.27. The van der Waals surface area contributed by atoms with Crippen LogP contribution in [0.25, 0.3) is 0 Å². The van der Waals surface area contributed by atoms with E-state index >= 15 is 0 Å². The number of nitrogens with zero attached hydrogens (tertiary/aromatic N) is 2. The average Bonchev–Trinajstić information content (AvgIpc) is 2.79. The standard InChI is InChI=1S/C13H21N3O/c1-10(14)13(12-3-2-5-15-7-12)16-6-4-11(8-16)9-17/h2-3,5,7,10-11,13,17H,4,6,8-9,14H2,1H3. The molecule has 0 aromatic carbocycles. The second-order valence-corrected chi connectivity index (χ2v) is 4.92. The zero-order valence-electron chi connectivity index (χ0n) is 10.3. The lowest BCUT2D eigenvalue weighted by Crippen LogP contribution is -2.38. The van der Waals surface area contributed by atoms with Gasteiger partial charge in [0.25, 0.3) is 0 Å². The number of hydrogen-bond acceptors (Lipinski definition) is 4. The number of hydrogen-bond donors (Lipinski definition) is 2. The summed E-state index contributed by atoms with van der Waals surface area (Å²) in [7, 11) is 0. The van der Waals surface area contributed by atoms with Crippen LogP contribution in [0.3, 0.4) is 0 Å². The number of aromatic nitrogens is 1. The van der Waals surface area contributed by atoms with E-state index in [1.165, 1.54) is 5.56 Å². The van der Waals surface area contributed by atoms with E-state index in [0.29, 0.717) is 5.92 Å². The fourth-order valence-corrected chi connectivity index (χ4v) is 2.66. The molecule has 0 bridgehead atoms. The number of rotatable bonds is 4.